The normalized spacial score (nSPS) is 11.8. The first-order chi connectivity index (χ1) is 15.4. The Hall–Kier alpha value is -2.65. The molecule has 0 saturated carbocycles. The van der Waals surface area contributed by atoms with Crippen LogP contribution in [-0.4, -0.2) is 40.1 Å². The van der Waals surface area contributed by atoms with Crippen LogP contribution in [0.5, 0.6) is 11.5 Å². The van der Waals surface area contributed by atoms with Crippen LogP contribution >= 0.6 is 23.5 Å². The summed E-state index contributed by atoms with van der Waals surface area (Å²) in [4.78, 5) is 14.1. The van der Waals surface area contributed by atoms with Crippen LogP contribution in [0.15, 0.2) is 52.5 Å². The van der Waals surface area contributed by atoms with Crippen LogP contribution < -0.4 is 14.8 Å². The van der Waals surface area contributed by atoms with Gasteiger partial charge in [0, 0.05) is 18.0 Å². The van der Waals surface area contributed by atoms with Gasteiger partial charge in [0.15, 0.2) is 5.16 Å². The van der Waals surface area contributed by atoms with Gasteiger partial charge in [-0.2, -0.15) is 0 Å². The molecule has 1 heterocycles. The number of carbonyl (C=O) groups excluding carboxylic acids is 1. The van der Waals surface area contributed by atoms with Gasteiger partial charge in [-0.1, -0.05) is 36.4 Å². The first-order valence-corrected chi connectivity index (χ1v) is 12.1. The van der Waals surface area contributed by atoms with Gasteiger partial charge in [-0.15, -0.1) is 22.0 Å². The Morgan fingerprint density at radius 1 is 1.12 bits per heavy atom. The van der Waals surface area contributed by atoms with Gasteiger partial charge in [-0.05, 0) is 37.6 Å². The van der Waals surface area contributed by atoms with Gasteiger partial charge in [-0.25, -0.2) is 0 Å². The van der Waals surface area contributed by atoms with Gasteiger partial charge in [0.1, 0.15) is 17.3 Å². The van der Waals surface area contributed by atoms with Crippen molar-refractivity contribution in [3.63, 3.8) is 0 Å². The minimum Gasteiger partial charge on any atom is -0.497 e. The molecule has 0 radical (unpaired) electrons. The fourth-order valence-corrected chi connectivity index (χ4v) is 4.73. The molecule has 0 aliphatic carbocycles. The standard InChI is InChI=1S/C23H28N4O3S2/c1-6-20(22(28)24-18-12-9-16(29-4)13-19(18)30-5)32-23-26-25-21(27(23)3)14-31-17-10-7-15(2)8-11-17/h7-13,20H,6,14H2,1-5H3,(H,24,28). The number of aryl methyl sites for hydroxylation is 1. The summed E-state index contributed by atoms with van der Waals surface area (Å²) < 4.78 is 12.6. The number of anilines is 1. The van der Waals surface area contributed by atoms with Crippen molar-refractivity contribution < 1.29 is 14.3 Å². The Balaban J connectivity index is 1.65. The van der Waals surface area contributed by atoms with Gasteiger partial charge >= 0.3 is 0 Å². The predicted molar refractivity (Wildman–Crippen MR) is 130 cm³/mol. The van der Waals surface area contributed by atoms with Crippen LogP contribution in [0, 0.1) is 6.92 Å². The number of methoxy groups -OCH3 is 2. The summed E-state index contributed by atoms with van der Waals surface area (Å²) in [6.07, 6.45) is 0.648. The number of amides is 1. The van der Waals surface area contributed by atoms with Crippen molar-refractivity contribution in [3.8, 4) is 11.5 Å². The van der Waals surface area contributed by atoms with E-state index in [1.165, 1.54) is 22.2 Å². The van der Waals surface area contributed by atoms with Crippen molar-refractivity contribution in [2.75, 3.05) is 19.5 Å². The minimum absolute atomic E-state index is 0.112. The van der Waals surface area contributed by atoms with Crippen molar-refractivity contribution in [2.24, 2.45) is 7.05 Å². The maximum atomic E-state index is 12.9. The molecule has 0 saturated heterocycles. The molecule has 1 unspecified atom stereocenters. The zero-order valence-corrected chi connectivity index (χ0v) is 20.5. The van der Waals surface area contributed by atoms with E-state index in [9.17, 15) is 4.79 Å². The third-order valence-electron chi connectivity index (χ3n) is 4.89. The van der Waals surface area contributed by atoms with E-state index in [1.54, 1.807) is 44.2 Å². The highest BCUT2D eigenvalue weighted by molar-refractivity contribution is 8.00. The molecule has 170 valence electrons. The van der Waals surface area contributed by atoms with E-state index in [2.05, 4.69) is 46.7 Å². The van der Waals surface area contributed by atoms with Gasteiger partial charge in [-0.3, -0.25) is 4.79 Å². The Bertz CT molecular complexity index is 1050. The molecule has 0 bridgehead atoms. The van der Waals surface area contributed by atoms with Crippen LogP contribution in [0.3, 0.4) is 0 Å². The van der Waals surface area contributed by atoms with E-state index in [0.29, 0.717) is 34.5 Å². The number of nitrogens with zero attached hydrogens (tertiary/aromatic N) is 3. The van der Waals surface area contributed by atoms with E-state index in [-0.39, 0.29) is 11.2 Å². The number of hydrogen-bond donors (Lipinski definition) is 1. The molecule has 0 aliphatic rings. The van der Waals surface area contributed by atoms with Crippen LogP contribution in [0.25, 0.3) is 0 Å². The molecule has 32 heavy (non-hydrogen) atoms. The largest absolute Gasteiger partial charge is 0.497 e. The molecule has 7 nitrogen and oxygen atoms in total. The van der Waals surface area contributed by atoms with Crippen molar-refractivity contribution >= 4 is 35.1 Å². The summed E-state index contributed by atoms with van der Waals surface area (Å²) in [6.45, 7) is 4.05. The minimum atomic E-state index is -0.317. The lowest BCUT2D eigenvalue weighted by atomic mass is 10.2. The summed E-state index contributed by atoms with van der Waals surface area (Å²) in [5.41, 5.74) is 1.84. The van der Waals surface area contributed by atoms with Crippen LogP contribution in [0.2, 0.25) is 0 Å². The Labute approximate surface area is 197 Å². The quantitative estimate of drug-likeness (QED) is 0.419. The second-order valence-corrected chi connectivity index (χ2v) is 9.35. The highest BCUT2D eigenvalue weighted by atomic mass is 32.2. The maximum absolute atomic E-state index is 12.9. The first-order valence-electron chi connectivity index (χ1n) is 10.2. The number of aromatic nitrogens is 3. The van der Waals surface area contributed by atoms with Gasteiger partial charge in [0.2, 0.25) is 5.91 Å². The first kappa shape index (κ1) is 24.0. The van der Waals surface area contributed by atoms with E-state index >= 15 is 0 Å². The predicted octanol–water partition coefficient (Wildman–Crippen LogP) is 4.94. The highest BCUT2D eigenvalue weighted by Crippen LogP contribution is 2.31. The van der Waals surface area contributed by atoms with Crippen molar-refractivity contribution in [3.05, 3.63) is 53.9 Å². The molecule has 1 amide bonds. The van der Waals surface area contributed by atoms with Crippen molar-refractivity contribution in [2.45, 2.75) is 41.3 Å². The number of rotatable bonds is 10. The second kappa shape index (κ2) is 11.3. The number of benzene rings is 2. The zero-order chi connectivity index (χ0) is 23.1. The number of carbonyl (C=O) groups is 1. The zero-order valence-electron chi connectivity index (χ0n) is 18.9. The van der Waals surface area contributed by atoms with Crippen molar-refractivity contribution in [1.29, 1.82) is 0 Å². The van der Waals surface area contributed by atoms with Crippen molar-refractivity contribution in [1.82, 2.24) is 14.8 Å². The lowest BCUT2D eigenvalue weighted by molar-refractivity contribution is -0.115. The smallest absolute Gasteiger partial charge is 0.238 e. The molecule has 0 aliphatic heterocycles. The fourth-order valence-electron chi connectivity index (χ4n) is 2.92. The molecule has 1 aromatic heterocycles. The molecule has 3 aromatic rings. The number of ether oxygens (including phenoxy) is 2. The Kier molecular flexibility index (Phi) is 8.46. The van der Waals surface area contributed by atoms with E-state index in [0.717, 1.165) is 5.82 Å². The Morgan fingerprint density at radius 3 is 2.53 bits per heavy atom. The van der Waals surface area contributed by atoms with E-state index in [1.807, 2.05) is 18.5 Å². The van der Waals surface area contributed by atoms with E-state index in [4.69, 9.17) is 9.47 Å². The average molecular weight is 473 g/mol. The van der Waals surface area contributed by atoms with Gasteiger partial charge in [0.05, 0.1) is 30.9 Å². The molecule has 9 heteroatoms. The van der Waals surface area contributed by atoms with Crippen LogP contribution in [0.1, 0.15) is 24.7 Å². The molecule has 0 fully saturated rings. The lowest BCUT2D eigenvalue weighted by Gasteiger charge is -2.16. The monoisotopic (exact) mass is 472 g/mol. The number of hydrogen-bond acceptors (Lipinski definition) is 7. The molecule has 1 atom stereocenters. The lowest BCUT2D eigenvalue weighted by Crippen LogP contribution is -2.25. The average Bonchev–Trinajstić information content (AvgIpc) is 3.16. The summed E-state index contributed by atoms with van der Waals surface area (Å²) >= 11 is 3.12. The summed E-state index contributed by atoms with van der Waals surface area (Å²) in [7, 11) is 5.09. The van der Waals surface area contributed by atoms with Crippen LogP contribution in [0.4, 0.5) is 5.69 Å². The van der Waals surface area contributed by atoms with Gasteiger partial charge in [0.25, 0.3) is 0 Å². The third kappa shape index (κ3) is 5.98. The summed E-state index contributed by atoms with van der Waals surface area (Å²) in [5.74, 6) is 2.67. The molecular weight excluding hydrogens is 444 g/mol. The second-order valence-electron chi connectivity index (χ2n) is 7.13. The molecule has 2 aromatic carbocycles. The highest BCUT2D eigenvalue weighted by Gasteiger charge is 2.23. The topological polar surface area (TPSA) is 78.3 Å². The number of thioether (sulfide) groups is 2. The molecule has 3 rings (SSSR count). The third-order valence-corrected chi connectivity index (χ3v) is 7.30. The molecule has 1 N–H and O–H groups in total. The fraction of sp³-hybridized carbons (Fsp3) is 0.348. The SMILES string of the molecule is CCC(Sc1nnc(CSc2ccc(C)cc2)n1C)C(=O)Nc1ccc(OC)cc1OC. The molecular formula is C23H28N4O3S2. The summed E-state index contributed by atoms with van der Waals surface area (Å²) in [6, 6.07) is 13.7. The molecule has 0 spiro atoms. The van der Waals surface area contributed by atoms with Gasteiger partial charge < -0.3 is 19.4 Å². The summed E-state index contributed by atoms with van der Waals surface area (Å²) in [5, 5.41) is 12.0. The van der Waals surface area contributed by atoms with E-state index < -0.39 is 0 Å². The number of nitrogens with one attached hydrogen (secondary N) is 1. The van der Waals surface area contributed by atoms with Crippen LogP contribution in [-0.2, 0) is 17.6 Å². The maximum Gasteiger partial charge on any atom is 0.238 e. The Morgan fingerprint density at radius 2 is 1.88 bits per heavy atom.